The Morgan fingerprint density at radius 1 is 1.08 bits per heavy atom. The maximum atomic E-state index is 11.7. The molecule has 0 radical (unpaired) electrons. The van der Waals surface area contributed by atoms with Crippen molar-refractivity contribution in [3.05, 3.63) is 75.2 Å². The highest BCUT2D eigenvalue weighted by Gasteiger charge is 2.44. The summed E-state index contributed by atoms with van der Waals surface area (Å²) in [7, 11) is 0. The SMILES string of the molecule is Cc1ccc(C(=O)O)c2ccc(N3CCC4(C=C(c5c(-c6c(Cl)cncc6Cl)noc5C5CC5)C4)CC3)nc12. The second-order valence-electron chi connectivity index (χ2n) is 11.0. The van der Waals surface area contributed by atoms with Crippen molar-refractivity contribution in [3.63, 3.8) is 0 Å². The van der Waals surface area contributed by atoms with Crippen LogP contribution >= 0.6 is 23.2 Å². The molecular formula is C30H26Cl2N4O3. The van der Waals surface area contributed by atoms with Crippen molar-refractivity contribution in [1.82, 2.24) is 15.1 Å². The number of nitrogens with zero attached hydrogens (tertiary/aromatic N) is 4. The monoisotopic (exact) mass is 560 g/mol. The first-order chi connectivity index (χ1) is 18.8. The van der Waals surface area contributed by atoms with Gasteiger partial charge in [-0.1, -0.05) is 40.5 Å². The summed E-state index contributed by atoms with van der Waals surface area (Å²) in [6.07, 6.45) is 10.8. The normalized spacial score (nSPS) is 18.3. The minimum Gasteiger partial charge on any atom is -0.478 e. The molecule has 198 valence electrons. The number of carbonyl (C=O) groups is 1. The molecule has 0 amide bonds. The maximum Gasteiger partial charge on any atom is 0.336 e. The number of halogens is 2. The molecule has 1 saturated heterocycles. The van der Waals surface area contributed by atoms with Gasteiger partial charge in [-0.15, -0.1) is 0 Å². The number of allylic oxidation sites excluding steroid dienone is 2. The van der Waals surface area contributed by atoms with Crippen molar-refractivity contribution in [2.75, 3.05) is 18.0 Å². The van der Waals surface area contributed by atoms with E-state index in [0.29, 0.717) is 32.6 Å². The highest BCUT2D eigenvalue weighted by molar-refractivity contribution is 6.39. The number of aryl methyl sites for hydroxylation is 1. The molecule has 0 atom stereocenters. The first kappa shape index (κ1) is 24.6. The van der Waals surface area contributed by atoms with Crippen LogP contribution in [0.1, 0.15) is 65.3 Å². The average Bonchev–Trinajstić information content (AvgIpc) is 3.67. The van der Waals surface area contributed by atoms with Crippen LogP contribution in [0.2, 0.25) is 10.0 Å². The Hall–Kier alpha value is -3.42. The molecule has 2 aliphatic carbocycles. The molecule has 1 saturated carbocycles. The molecule has 3 aliphatic rings. The van der Waals surface area contributed by atoms with Crippen LogP contribution in [0.15, 0.2) is 47.3 Å². The summed E-state index contributed by atoms with van der Waals surface area (Å²) < 4.78 is 5.88. The minimum absolute atomic E-state index is 0.135. The molecule has 4 aromatic rings. The van der Waals surface area contributed by atoms with Crippen molar-refractivity contribution >= 4 is 51.5 Å². The zero-order valence-electron chi connectivity index (χ0n) is 21.4. The number of pyridine rings is 2. The van der Waals surface area contributed by atoms with Crippen LogP contribution in [0.3, 0.4) is 0 Å². The second-order valence-corrected chi connectivity index (χ2v) is 11.8. The predicted molar refractivity (Wildman–Crippen MR) is 152 cm³/mol. The average molecular weight is 561 g/mol. The molecule has 7 nitrogen and oxygen atoms in total. The molecule has 7 rings (SSSR count). The van der Waals surface area contributed by atoms with Gasteiger partial charge in [-0.3, -0.25) is 4.98 Å². The Morgan fingerprint density at radius 2 is 1.79 bits per heavy atom. The van der Waals surface area contributed by atoms with Crippen LogP contribution in [0.4, 0.5) is 5.82 Å². The van der Waals surface area contributed by atoms with Gasteiger partial charge in [-0.05, 0) is 73.8 Å². The Kier molecular flexibility index (Phi) is 5.72. The van der Waals surface area contributed by atoms with Gasteiger partial charge < -0.3 is 14.5 Å². The Labute approximate surface area is 235 Å². The molecule has 1 spiro atoms. The Balaban J connectivity index is 1.15. The third-order valence-electron chi connectivity index (χ3n) is 8.46. The van der Waals surface area contributed by atoms with Crippen molar-refractivity contribution in [3.8, 4) is 11.3 Å². The van der Waals surface area contributed by atoms with Crippen LogP contribution in [-0.2, 0) is 0 Å². The molecule has 39 heavy (non-hydrogen) atoms. The molecule has 9 heteroatoms. The number of carboxylic acid groups (broad SMARTS) is 1. The number of piperidine rings is 1. The number of benzene rings is 1. The number of hydrogen-bond donors (Lipinski definition) is 1. The van der Waals surface area contributed by atoms with E-state index in [9.17, 15) is 9.90 Å². The van der Waals surface area contributed by atoms with E-state index < -0.39 is 5.97 Å². The van der Waals surface area contributed by atoms with E-state index in [1.165, 1.54) is 5.57 Å². The number of rotatable bonds is 5. The third kappa shape index (κ3) is 4.10. The Bertz CT molecular complexity index is 1660. The van der Waals surface area contributed by atoms with E-state index in [0.717, 1.165) is 73.4 Å². The lowest BCUT2D eigenvalue weighted by atomic mass is 9.63. The second kappa shape index (κ2) is 9.07. The highest BCUT2D eigenvalue weighted by atomic mass is 35.5. The van der Waals surface area contributed by atoms with Crippen molar-refractivity contribution in [2.45, 2.75) is 44.9 Å². The van der Waals surface area contributed by atoms with Crippen molar-refractivity contribution in [2.24, 2.45) is 5.41 Å². The first-order valence-electron chi connectivity index (χ1n) is 13.2. The number of aromatic carboxylic acids is 1. The lowest BCUT2D eigenvalue weighted by Crippen LogP contribution is -2.42. The number of hydrogen-bond acceptors (Lipinski definition) is 6. The van der Waals surface area contributed by atoms with Gasteiger partial charge in [-0.2, -0.15) is 0 Å². The van der Waals surface area contributed by atoms with E-state index in [-0.39, 0.29) is 11.0 Å². The molecule has 3 aromatic heterocycles. The molecule has 1 N–H and O–H groups in total. The van der Waals surface area contributed by atoms with Crippen LogP contribution in [0.25, 0.3) is 27.7 Å². The topological polar surface area (TPSA) is 92.3 Å². The van der Waals surface area contributed by atoms with E-state index in [1.54, 1.807) is 18.5 Å². The van der Waals surface area contributed by atoms with E-state index in [2.05, 4.69) is 21.1 Å². The van der Waals surface area contributed by atoms with Gasteiger partial charge in [0.1, 0.15) is 17.3 Å². The van der Waals surface area contributed by atoms with Gasteiger partial charge in [0.05, 0.1) is 21.1 Å². The fraction of sp³-hybridized carbons (Fsp3) is 0.333. The molecule has 1 aliphatic heterocycles. The van der Waals surface area contributed by atoms with Crippen LogP contribution in [-0.4, -0.2) is 39.3 Å². The lowest BCUT2D eigenvalue weighted by Gasteiger charge is -2.46. The zero-order valence-corrected chi connectivity index (χ0v) is 22.9. The van der Waals surface area contributed by atoms with E-state index in [4.69, 9.17) is 32.7 Å². The number of anilines is 1. The Morgan fingerprint density at radius 3 is 2.46 bits per heavy atom. The van der Waals surface area contributed by atoms with Crippen molar-refractivity contribution < 1.29 is 14.4 Å². The lowest BCUT2D eigenvalue weighted by molar-refractivity contribution is 0.0699. The van der Waals surface area contributed by atoms with E-state index in [1.807, 2.05) is 25.1 Å². The number of carboxylic acids is 1. The van der Waals surface area contributed by atoms with Gasteiger partial charge in [0.25, 0.3) is 0 Å². The standard InChI is InChI=1S/C30H26Cl2N4O3/c1-16-2-5-20(29(37)38)19-6-7-23(34-26(16)19)36-10-8-30(9-11-36)12-18(13-30)24-27(35-39-28(24)17-3-4-17)25-21(31)14-33-15-22(25)32/h2,5-7,12,14-15,17H,3-4,8-11,13H2,1H3,(H,37,38). The summed E-state index contributed by atoms with van der Waals surface area (Å²) in [5.74, 6) is 1.31. The summed E-state index contributed by atoms with van der Waals surface area (Å²) in [5.41, 5.74) is 5.85. The predicted octanol–water partition coefficient (Wildman–Crippen LogP) is 7.55. The van der Waals surface area contributed by atoms with Crippen LogP contribution in [0, 0.1) is 12.3 Å². The van der Waals surface area contributed by atoms with Gasteiger partial charge in [-0.25, -0.2) is 9.78 Å². The summed E-state index contributed by atoms with van der Waals surface area (Å²) in [6.45, 7) is 3.74. The molecule has 0 bridgehead atoms. The van der Waals surface area contributed by atoms with Crippen molar-refractivity contribution in [1.29, 1.82) is 0 Å². The number of fused-ring (bicyclic) bond motifs is 1. The van der Waals surface area contributed by atoms with E-state index >= 15 is 0 Å². The molecule has 0 unspecified atom stereocenters. The van der Waals surface area contributed by atoms with Gasteiger partial charge in [0.2, 0.25) is 0 Å². The van der Waals surface area contributed by atoms with Gasteiger partial charge in [0, 0.05) is 47.9 Å². The molecule has 4 heterocycles. The maximum absolute atomic E-state index is 11.7. The van der Waals surface area contributed by atoms with Gasteiger partial charge in [0.15, 0.2) is 0 Å². The summed E-state index contributed by atoms with van der Waals surface area (Å²) in [4.78, 5) is 22.9. The number of aromatic nitrogens is 3. The molecule has 1 aromatic carbocycles. The zero-order chi connectivity index (χ0) is 26.9. The quantitative estimate of drug-likeness (QED) is 0.269. The summed E-state index contributed by atoms with van der Waals surface area (Å²) in [6, 6.07) is 7.32. The van der Waals surface area contributed by atoms with Gasteiger partial charge >= 0.3 is 5.97 Å². The largest absolute Gasteiger partial charge is 0.478 e. The fourth-order valence-electron chi connectivity index (χ4n) is 6.13. The third-order valence-corrected chi connectivity index (χ3v) is 9.03. The minimum atomic E-state index is -0.934. The summed E-state index contributed by atoms with van der Waals surface area (Å²) in [5, 5.41) is 15.6. The highest BCUT2D eigenvalue weighted by Crippen LogP contribution is 2.56. The molecular weight excluding hydrogens is 535 g/mol. The fourth-order valence-corrected chi connectivity index (χ4v) is 6.68. The smallest absolute Gasteiger partial charge is 0.336 e. The van der Waals surface area contributed by atoms with Crippen LogP contribution < -0.4 is 4.90 Å². The first-order valence-corrected chi connectivity index (χ1v) is 14.0. The van der Waals surface area contributed by atoms with Crippen LogP contribution in [0.5, 0.6) is 0 Å². The summed E-state index contributed by atoms with van der Waals surface area (Å²) >= 11 is 13.0. The molecule has 2 fully saturated rings.